The van der Waals surface area contributed by atoms with Crippen molar-refractivity contribution in [3.05, 3.63) is 64.7 Å². The summed E-state index contributed by atoms with van der Waals surface area (Å²) in [6, 6.07) is 11.5. The van der Waals surface area contributed by atoms with Crippen LogP contribution in [0.5, 0.6) is 11.5 Å². The van der Waals surface area contributed by atoms with Crippen LogP contribution in [0.15, 0.2) is 48.5 Å². The predicted octanol–water partition coefficient (Wildman–Crippen LogP) is 5.18. The average Bonchev–Trinajstić information content (AvgIpc) is 3.05. The predicted molar refractivity (Wildman–Crippen MR) is 101 cm³/mol. The number of carboxylic acid groups (broad SMARTS) is 1. The van der Waals surface area contributed by atoms with E-state index in [0.717, 1.165) is 22.7 Å². The first-order chi connectivity index (χ1) is 13.7. The number of hydrogen-bond acceptors (Lipinski definition) is 5. The van der Waals surface area contributed by atoms with Gasteiger partial charge in [0.2, 0.25) is 0 Å². The fourth-order valence-corrected chi connectivity index (χ4v) is 3.42. The highest BCUT2D eigenvalue weighted by Gasteiger charge is 2.30. The molecule has 0 unspecified atom stereocenters. The standard InChI is InChI=1S/C20H16F3NO4S/c1-12-17(10-27-15-3-2-4-16(9-15)28-11-18(25)26)29-19(24-12)13-5-7-14(8-6-13)20(21,22)23/h2-9H,10-11H2,1H3,(H,25,26). The van der Waals surface area contributed by atoms with Gasteiger partial charge in [-0.15, -0.1) is 11.3 Å². The molecular formula is C20H16F3NO4S. The number of hydrogen-bond donors (Lipinski definition) is 1. The van der Waals surface area contributed by atoms with Crippen molar-refractivity contribution < 1.29 is 32.5 Å². The smallest absolute Gasteiger partial charge is 0.416 e. The second-order valence-corrected chi connectivity index (χ2v) is 7.13. The lowest BCUT2D eigenvalue weighted by molar-refractivity contribution is -0.139. The third-order valence-electron chi connectivity index (χ3n) is 3.89. The number of aryl methyl sites for hydroxylation is 1. The molecule has 0 atom stereocenters. The van der Waals surface area contributed by atoms with Gasteiger partial charge in [0.25, 0.3) is 0 Å². The van der Waals surface area contributed by atoms with Crippen LogP contribution >= 0.6 is 11.3 Å². The van der Waals surface area contributed by atoms with E-state index in [1.165, 1.54) is 23.5 Å². The van der Waals surface area contributed by atoms with Crippen LogP contribution in [0.2, 0.25) is 0 Å². The Morgan fingerprint density at radius 2 is 1.76 bits per heavy atom. The third-order valence-corrected chi connectivity index (χ3v) is 5.07. The molecule has 2 aromatic carbocycles. The van der Waals surface area contributed by atoms with E-state index in [1.54, 1.807) is 31.2 Å². The zero-order valence-electron chi connectivity index (χ0n) is 15.2. The van der Waals surface area contributed by atoms with E-state index in [2.05, 4.69) is 4.98 Å². The average molecular weight is 423 g/mol. The van der Waals surface area contributed by atoms with Gasteiger partial charge in [0.05, 0.1) is 16.1 Å². The van der Waals surface area contributed by atoms with Crippen molar-refractivity contribution >= 4 is 17.3 Å². The van der Waals surface area contributed by atoms with E-state index in [0.29, 0.717) is 22.1 Å². The molecule has 0 aliphatic carbocycles. The molecular weight excluding hydrogens is 407 g/mol. The van der Waals surface area contributed by atoms with Crippen molar-refractivity contribution in [2.24, 2.45) is 0 Å². The summed E-state index contributed by atoms with van der Waals surface area (Å²) in [5.74, 6) is -0.208. The molecule has 152 valence electrons. The van der Waals surface area contributed by atoms with Crippen LogP contribution in [0, 0.1) is 6.92 Å². The Labute approximate surface area is 168 Å². The minimum Gasteiger partial charge on any atom is -0.488 e. The van der Waals surface area contributed by atoms with Gasteiger partial charge < -0.3 is 14.6 Å². The Bertz CT molecular complexity index is 1000. The molecule has 1 N–H and O–H groups in total. The van der Waals surface area contributed by atoms with Gasteiger partial charge in [-0.25, -0.2) is 9.78 Å². The van der Waals surface area contributed by atoms with E-state index in [9.17, 15) is 18.0 Å². The van der Waals surface area contributed by atoms with E-state index >= 15 is 0 Å². The second kappa shape index (κ2) is 8.52. The van der Waals surface area contributed by atoms with Gasteiger partial charge in [-0.1, -0.05) is 18.2 Å². The molecule has 0 aliphatic heterocycles. The molecule has 3 rings (SSSR count). The van der Waals surface area contributed by atoms with Gasteiger partial charge in [-0.3, -0.25) is 0 Å². The summed E-state index contributed by atoms with van der Waals surface area (Å²) >= 11 is 1.34. The van der Waals surface area contributed by atoms with Crippen molar-refractivity contribution in [2.75, 3.05) is 6.61 Å². The van der Waals surface area contributed by atoms with Gasteiger partial charge in [0.15, 0.2) is 6.61 Å². The molecule has 0 saturated heterocycles. The summed E-state index contributed by atoms with van der Waals surface area (Å²) in [6.45, 7) is 1.57. The number of carbonyl (C=O) groups is 1. The van der Waals surface area contributed by atoms with Crippen molar-refractivity contribution in [2.45, 2.75) is 19.7 Å². The molecule has 0 amide bonds. The number of rotatable bonds is 7. The number of thiazole rings is 1. The lowest BCUT2D eigenvalue weighted by atomic mass is 10.1. The number of alkyl halides is 3. The summed E-state index contributed by atoms with van der Waals surface area (Å²) in [4.78, 5) is 15.8. The van der Waals surface area contributed by atoms with Crippen molar-refractivity contribution in [1.29, 1.82) is 0 Å². The molecule has 0 radical (unpaired) electrons. The lowest BCUT2D eigenvalue weighted by Gasteiger charge is -2.08. The van der Waals surface area contributed by atoms with Gasteiger partial charge >= 0.3 is 12.1 Å². The Kier molecular flexibility index (Phi) is 6.07. The number of nitrogens with zero attached hydrogens (tertiary/aromatic N) is 1. The molecule has 1 heterocycles. The minimum absolute atomic E-state index is 0.215. The molecule has 0 fully saturated rings. The van der Waals surface area contributed by atoms with E-state index in [-0.39, 0.29) is 6.61 Å². The first-order valence-electron chi connectivity index (χ1n) is 8.44. The maximum atomic E-state index is 12.7. The fourth-order valence-electron chi connectivity index (χ4n) is 2.43. The SMILES string of the molecule is Cc1nc(-c2ccc(C(F)(F)F)cc2)sc1COc1cccc(OCC(=O)O)c1. The van der Waals surface area contributed by atoms with Crippen molar-refractivity contribution in [3.8, 4) is 22.1 Å². The van der Waals surface area contributed by atoms with Crippen molar-refractivity contribution in [3.63, 3.8) is 0 Å². The summed E-state index contributed by atoms with van der Waals surface area (Å²) in [6.07, 6.45) is -4.38. The fraction of sp³-hybridized carbons (Fsp3) is 0.200. The Morgan fingerprint density at radius 3 is 2.38 bits per heavy atom. The zero-order valence-corrected chi connectivity index (χ0v) is 16.0. The summed E-state index contributed by atoms with van der Waals surface area (Å²) in [7, 11) is 0. The minimum atomic E-state index is -4.38. The van der Waals surface area contributed by atoms with Crippen LogP contribution < -0.4 is 9.47 Å². The number of halogens is 3. The first kappa shape index (κ1) is 20.7. The highest BCUT2D eigenvalue weighted by molar-refractivity contribution is 7.15. The van der Waals surface area contributed by atoms with E-state index < -0.39 is 24.3 Å². The Hall–Kier alpha value is -3.07. The quantitative estimate of drug-likeness (QED) is 0.567. The Morgan fingerprint density at radius 1 is 1.10 bits per heavy atom. The highest BCUT2D eigenvalue weighted by atomic mass is 32.1. The van der Waals surface area contributed by atoms with E-state index in [4.69, 9.17) is 14.6 Å². The van der Waals surface area contributed by atoms with Crippen LogP contribution in [-0.4, -0.2) is 22.7 Å². The molecule has 1 aromatic heterocycles. The molecule has 0 saturated carbocycles. The summed E-state index contributed by atoms with van der Waals surface area (Å²) in [5, 5.41) is 9.27. The van der Waals surface area contributed by atoms with Crippen LogP contribution in [0.25, 0.3) is 10.6 Å². The van der Waals surface area contributed by atoms with Crippen LogP contribution in [0.1, 0.15) is 16.1 Å². The summed E-state index contributed by atoms with van der Waals surface area (Å²) < 4.78 is 48.9. The summed E-state index contributed by atoms with van der Waals surface area (Å²) in [5.41, 5.74) is 0.618. The first-order valence-corrected chi connectivity index (χ1v) is 9.25. The van der Waals surface area contributed by atoms with E-state index in [1.807, 2.05) is 0 Å². The second-order valence-electron chi connectivity index (χ2n) is 6.05. The maximum absolute atomic E-state index is 12.7. The number of benzene rings is 2. The third kappa shape index (κ3) is 5.47. The molecule has 5 nitrogen and oxygen atoms in total. The largest absolute Gasteiger partial charge is 0.488 e. The molecule has 0 spiro atoms. The molecule has 3 aromatic rings. The number of aliphatic carboxylic acids is 1. The topological polar surface area (TPSA) is 68.7 Å². The monoisotopic (exact) mass is 423 g/mol. The van der Waals surface area contributed by atoms with Gasteiger partial charge in [0, 0.05) is 11.6 Å². The van der Waals surface area contributed by atoms with Crippen LogP contribution in [0.4, 0.5) is 13.2 Å². The molecule has 29 heavy (non-hydrogen) atoms. The highest BCUT2D eigenvalue weighted by Crippen LogP contribution is 2.33. The van der Waals surface area contributed by atoms with Gasteiger partial charge in [-0.2, -0.15) is 13.2 Å². The van der Waals surface area contributed by atoms with Crippen LogP contribution in [0.3, 0.4) is 0 Å². The Balaban J connectivity index is 1.68. The van der Waals surface area contributed by atoms with Crippen molar-refractivity contribution in [1.82, 2.24) is 4.98 Å². The number of ether oxygens (including phenoxy) is 2. The molecule has 9 heteroatoms. The van der Waals surface area contributed by atoms with Gasteiger partial charge in [0.1, 0.15) is 23.1 Å². The number of carboxylic acids is 1. The zero-order chi connectivity index (χ0) is 21.0. The maximum Gasteiger partial charge on any atom is 0.416 e. The normalized spacial score (nSPS) is 11.3. The lowest BCUT2D eigenvalue weighted by Crippen LogP contribution is -2.09. The van der Waals surface area contributed by atoms with Gasteiger partial charge in [-0.05, 0) is 31.2 Å². The number of aromatic nitrogens is 1. The van der Waals surface area contributed by atoms with Crippen LogP contribution in [-0.2, 0) is 17.6 Å². The molecule has 0 bridgehead atoms. The molecule has 0 aliphatic rings.